The molecule has 1 amide bonds. The van der Waals surface area contributed by atoms with Crippen molar-refractivity contribution in [1.82, 2.24) is 5.32 Å². The first-order chi connectivity index (χ1) is 9.01. The summed E-state index contributed by atoms with van der Waals surface area (Å²) in [6, 6.07) is 5.46. The molecule has 19 heavy (non-hydrogen) atoms. The minimum Gasteiger partial charge on any atom is -0.484 e. The van der Waals surface area contributed by atoms with Gasteiger partial charge in [0.1, 0.15) is 11.6 Å². The molecule has 1 aromatic rings. The zero-order valence-corrected chi connectivity index (χ0v) is 10.6. The van der Waals surface area contributed by atoms with Crippen molar-refractivity contribution in [3.05, 3.63) is 41.9 Å². The van der Waals surface area contributed by atoms with Gasteiger partial charge in [-0.1, -0.05) is 6.07 Å². The van der Waals surface area contributed by atoms with Gasteiger partial charge in [-0.05, 0) is 19.1 Å². The van der Waals surface area contributed by atoms with E-state index in [0.717, 1.165) is 6.08 Å². The number of hydrogen-bond donors (Lipinski definition) is 1. The lowest BCUT2D eigenvalue weighted by Crippen LogP contribution is -2.27. The molecule has 0 aliphatic carbocycles. The third kappa shape index (κ3) is 5.67. The van der Waals surface area contributed by atoms with Crippen molar-refractivity contribution in [3.8, 4) is 5.75 Å². The van der Waals surface area contributed by atoms with E-state index in [4.69, 9.17) is 4.74 Å². The summed E-state index contributed by atoms with van der Waals surface area (Å²) < 4.78 is 22.3. The van der Waals surface area contributed by atoms with Crippen molar-refractivity contribution in [2.45, 2.75) is 6.92 Å². The fraction of sp³-hybridized carbons (Fsp3) is 0.231. The molecule has 0 fully saturated rings. The van der Waals surface area contributed by atoms with Gasteiger partial charge in [-0.25, -0.2) is 9.18 Å². The highest BCUT2D eigenvalue weighted by atomic mass is 19.1. The van der Waals surface area contributed by atoms with Gasteiger partial charge in [-0.15, -0.1) is 0 Å². The summed E-state index contributed by atoms with van der Waals surface area (Å²) in [7, 11) is 1.24. The zero-order valence-electron chi connectivity index (χ0n) is 10.6. The molecule has 0 atom stereocenters. The number of halogens is 1. The quantitative estimate of drug-likeness (QED) is 0.647. The second kappa shape index (κ2) is 7.15. The third-order valence-corrected chi connectivity index (χ3v) is 2.04. The van der Waals surface area contributed by atoms with Crippen LogP contribution in [-0.4, -0.2) is 25.6 Å². The van der Waals surface area contributed by atoms with Crippen LogP contribution in [0.2, 0.25) is 0 Å². The molecule has 1 N–H and O–H groups in total. The first-order valence-corrected chi connectivity index (χ1v) is 5.45. The highest BCUT2D eigenvalue weighted by molar-refractivity contribution is 5.85. The summed E-state index contributed by atoms with van der Waals surface area (Å²) in [6.45, 7) is 1.26. The minimum absolute atomic E-state index is 0.254. The van der Waals surface area contributed by atoms with Crippen LogP contribution < -0.4 is 10.1 Å². The van der Waals surface area contributed by atoms with E-state index in [9.17, 15) is 14.0 Å². The number of rotatable bonds is 5. The molecule has 1 aromatic carbocycles. The van der Waals surface area contributed by atoms with E-state index in [1.165, 1.54) is 38.3 Å². The number of amides is 1. The van der Waals surface area contributed by atoms with E-state index in [2.05, 4.69) is 10.1 Å². The van der Waals surface area contributed by atoms with Crippen LogP contribution in [0.1, 0.15) is 6.92 Å². The number of hydrogen-bond acceptors (Lipinski definition) is 4. The molecular formula is C13H14FNO4. The summed E-state index contributed by atoms with van der Waals surface area (Å²) in [5.41, 5.74) is 0.333. The fourth-order valence-corrected chi connectivity index (χ4v) is 1.23. The van der Waals surface area contributed by atoms with Crippen LogP contribution in [0.25, 0.3) is 0 Å². The molecule has 0 spiro atoms. The van der Waals surface area contributed by atoms with Gasteiger partial charge < -0.3 is 14.8 Å². The van der Waals surface area contributed by atoms with Crippen LogP contribution in [0.15, 0.2) is 36.0 Å². The molecule has 6 heteroatoms. The predicted octanol–water partition coefficient (Wildman–Crippen LogP) is 1.40. The molecule has 0 saturated carbocycles. The van der Waals surface area contributed by atoms with Gasteiger partial charge >= 0.3 is 5.97 Å². The maximum absolute atomic E-state index is 12.8. The van der Waals surface area contributed by atoms with Crippen molar-refractivity contribution < 1.29 is 23.5 Å². The first-order valence-electron chi connectivity index (χ1n) is 5.45. The number of methoxy groups -OCH3 is 1. The predicted molar refractivity (Wildman–Crippen MR) is 65.8 cm³/mol. The number of benzene rings is 1. The van der Waals surface area contributed by atoms with E-state index in [1.807, 2.05) is 0 Å². The van der Waals surface area contributed by atoms with Gasteiger partial charge in [0.25, 0.3) is 5.91 Å². The van der Waals surface area contributed by atoms with E-state index in [-0.39, 0.29) is 12.4 Å². The summed E-state index contributed by atoms with van der Waals surface area (Å²) in [4.78, 5) is 22.4. The zero-order chi connectivity index (χ0) is 14.3. The van der Waals surface area contributed by atoms with E-state index in [0.29, 0.717) is 5.70 Å². The molecule has 0 bridgehead atoms. The van der Waals surface area contributed by atoms with Gasteiger partial charge in [-0.2, -0.15) is 0 Å². The van der Waals surface area contributed by atoms with E-state index >= 15 is 0 Å². The topological polar surface area (TPSA) is 64.6 Å². The average Bonchev–Trinajstić information content (AvgIpc) is 2.36. The number of allylic oxidation sites excluding steroid dienone is 1. The van der Waals surface area contributed by atoms with Crippen LogP contribution in [0.5, 0.6) is 5.75 Å². The molecular weight excluding hydrogens is 253 g/mol. The number of carbonyl (C=O) groups is 2. The monoisotopic (exact) mass is 267 g/mol. The van der Waals surface area contributed by atoms with Crippen LogP contribution in [0.3, 0.4) is 0 Å². The smallest absolute Gasteiger partial charge is 0.332 e. The summed E-state index contributed by atoms with van der Waals surface area (Å²) in [6.07, 6.45) is 1.14. The van der Waals surface area contributed by atoms with Crippen molar-refractivity contribution in [2.24, 2.45) is 0 Å². The highest BCUT2D eigenvalue weighted by Gasteiger charge is 2.05. The Morgan fingerprint density at radius 1 is 1.42 bits per heavy atom. The first kappa shape index (κ1) is 14.7. The Morgan fingerprint density at radius 2 is 2.16 bits per heavy atom. The van der Waals surface area contributed by atoms with Gasteiger partial charge in [-0.3, -0.25) is 4.79 Å². The normalized spacial score (nSPS) is 10.8. The van der Waals surface area contributed by atoms with Gasteiger partial charge in [0.15, 0.2) is 6.61 Å². The lowest BCUT2D eigenvalue weighted by molar-refractivity contribution is -0.134. The summed E-state index contributed by atoms with van der Waals surface area (Å²) >= 11 is 0. The van der Waals surface area contributed by atoms with E-state index < -0.39 is 17.7 Å². The Balaban J connectivity index is 2.44. The van der Waals surface area contributed by atoms with Crippen LogP contribution in [0, 0.1) is 5.82 Å². The molecule has 0 aromatic heterocycles. The van der Waals surface area contributed by atoms with Crippen LogP contribution in [0.4, 0.5) is 4.39 Å². The van der Waals surface area contributed by atoms with Gasteiger partial charge in [0.05, 0.1) is 7.11 Å². The number of ether oxygens (including phenoxy) is 2. The Bertz CT molecular complexity index is 499. The van der Waals surface area contributed by atoms with Crippen molar-refractivity contribution in [1.29, 1.82) is 0 Å². The highest BCUT2D eigenvalue weighted by Crippen LogP contribution is 2.11. The van der Waals surface area contributed by atoms with Gasteiger partial charge in [0.2, 0.25) is 0 Å². The number of esters is 1. The third-order valence-electron chi connectivity index (χ3n) is 2.04. The Morgan fingerprint density at radius 3 is 2.79 bits per heavy atom. The van der Waals surface area contributed by atoms with Crippen LogP contribution in [-0.2, 0) is 14.3 Å². The Kier molecular flexibility index (Phi) is 5.53. The van der Waals surface area contributed by atoms with Crippen LogP contribution >= 0.6 is 0 Å². The SMILES string of the molecule is COC(=O)C=C(C)NC(=O)COc1cccc(F)c1. The van der Waals surface area contributed by atoms with Gasteiger partial charge in [0, 0.05) is 17.8 Å². The summed E-state index contributed by atoms with van der Waals surface area (Å²) in [5.74, 6) is -1.21. The molecule has 1 rings (SSSR count). The molecule has 0 saturated heterocycles. The fourth-order valence-electron chi connectivity index (χ4n) is 1.23. The maximum Gasteiger partial charge on any atom is 0.332 e. The number of nitrogens with one attached hydrogen (secondary N) is 1. The Hall–Kier alpha value is -2.37. The lowest BCUT2D eigenvalue weighted by Gasteiger charge is -2.07. The minimum atomic E-state index is -0.566. The van der Waals surface area contributed by atoms with Crippen molar-refractivity contribution in [2.75, 3.05) is 13.7 Å². The summed E-state index contributed by atoms with van der Waals surface area (Å²) in [5, 5.41) is 2.43. The largest absolute Gasteiger partial charge is 0.484 e. The molecule has 102 valence electrons. The average molecular weight is 267 g/mol. The molecule has 5 nitrogen and oxygen atoms in total. The number of carbonyl (C=O) groups excluding carboxylic acids is 2. The van der Waals surface area contributed by atoms with Crippen molar-refractivity contribution in [3.63, 3.8) is 0 Å². The second-order valence-corrected chi connectivity index (χ2v) is 3.64. The molecule has 0 unspecified atom stereocenters. The van der Waals surface area contributed by atoms with Crippen molar-refractivity contribution >= 4 is 11.9 Å². The lowest BCUT2D eigenvalue weighted by atomic mass is 10.3. The standard InChI is InChI=1S/C13H14FNO4/c1-9(6-13(17)18-2)15-12(16)8-19-11-5-3-4-10(14)7-11/h3-7H,8H2,1-2H3,(H,15,16). The Labute approximate surface area is 110 Å². The maximum atomic E-state index is 12.8. The molecule has 0 aliphatic heterocycles. The molecule has 0 radical (unpaired) electrons. The molecule has 0 heterocycles. The second-order valence-electron chi connectivity index (χ2n) is 3.64. The molecule has 0 aliphatic rings. The van der Waals surface area contributed by atoms with E-state index in [1.54, 1.807) is 0 Å².